The van der Waals surface area contributed by atoms with E-state index in [1.165, 1.54) is 18.3 Å². The number of amides is 1. The average molecular weight is 403 g/mol. The highest BCUT2D eigenvalue weighted by Gasteiger charge is 2.17. The molecule has 0 saturated carbocycles. The highest BCUT2D eigenvalue weighted by Crippen LogP contribution is 2.25. The van der Waals surface area contributed by atoms with Gasteiger partial charge in [-0.05, 0) is 23.8 Å². The normalized spacial score (nSPS) is 14.2. The number of anilines is 1. The number of nitrogens with one attached hydrogen (secondary N) is 1. The molecule has 1 heterocycles. The van der Waals surface area contributed by atoms with E-state index in [1.807, 2.05) is 0 Å². The summed E-state index contributed by atoms with van der Waals surface area (Å²) in [7, 11) is 0. The van der Waals surface area contributed by atoms with Crippen molar-refractivity contribution in [3.63, 3.8) is 0 Å². The van der Waals surface area contributed by atoms with E-state index in [1.54, 1.807) is 30.3 Å². The van der Waals surface area contributed by atoms with Gasteiger partial charge in [-0.15, -0.1) is 0 Å². The zero-order valence-electron chi connectivity index (χ0n) is 15.0. The maximum Gasteiger partial charge on any atom is 0.270 e. The Morgan fingerprint density at radius 3 is 2.64 bits per heavy atom. The van der Waals surface area contributed by atoms with E-state index in [0.717, 1.165) is 11.3 Å². The Labute approximate surface area is 166 Å². The first-order valence-electron chi connectivity index (χ1n) is 8.70. The first kappa shape index (κ1) is 19.8. The highest BCUT2D eigenvalue weighted by atomic mass is 35.5. The van der Waals surface area contributed by atoms with Gasteiger partial charge in [0.2, 0.25) is 5.91 Å². The van der Waals surface area contributed by atoms with Crippen molar-refractivity contribution in [2.75, 3.05) is 31.2 Å². The minimum absolute atomic E-state index is 0.0362. The molecule has 8 nitrogen and oxygen atoms in total. The lowest BCUT2D eigenvalue weighted by Crippen LogP contribution is -2.36. The molecule has 2 aromatic rings. The average Bonchev–Trinajstić information content (AvgIpc) is 2.70. The summed E-state index contributed by atoms with van der Waals surface area (Å²) in [6.07, 6.45) is 1.58. The molecule has 1 saturated heterocycles. The molecule has 3 rings (SSSR count). The van der Waals surface area contributed by atoms with Crippen molar-refractivity contribution in [2.45, 2.75) is 6.42 Å². The van der Waals surface area contributed by atoms with E-state index in [-0.39, 0.29) is 18.0 Å². The van der Waals surface area contributed by atoms with Crippen molar-refractivity contribution in [1.82, 2.24) is 5.43 Å². The molecule has 28 heavy (non-hydrogen) atoms. The van der Waals surface area contributed by atoms with Crippen molar-refractivity contribution in [1.29, 1.82) is 0 Å². The minimum Gasteiger partial charge on any atom is -0.378 e. The maximum atomic E-state index is 12.1. The summed E-state index contributed by atoms with van der Waals surface area (Å²) in [5.74, 6) is -0.295. The van der Waals surface area contributed by atoms with Crippen molar-refractivity contribution >= 4 is 35.1 Å². The molecule has 2 aromatic carbocycles. The van der Waals surface area contributed by atoms with Gasteiger partial charge < -0.3 is 9.64 Å². The fourth-order valence-electron chi connectivity index (χ4n) is 2.85. The number of carbonyl (C=O) groups excluding carboxylic acids is 1. The fraction of sp³-hybridized carbons (Fsp3) is 0.263. The lowest BCUT2D eigenvalue weighted by atomic mass is 10.1. The number of nitro benzene ring substituents is 1. The number of non-ortho nitro benzene ring substituents is 1. The number of ether oxygens (including phenoxy) is 1. The lowest BCUT2D eigenvalue weighted by Gasteiger charge is -2.29. The van der Waals surface area contributed by atoms with Gasteiger partial charge in [-0.1, -0.05) is 23.7 Å². The quantitative estimate of drug-likeness (QED) is 0.455. The van der Waals surface area contributed by atoms with Gasteiger partial charge in [-0.25, -0.2) is 5.43 Å². The molecule has 0 spiro atoms. The Morgan fingerprint density at radius 2 is 1.96 bits per heavy atom. The second kappa shape index (κ2) is 9.29. The summed E-state index contributed by atoms with van der Waals surface area (Å²) >= 11 is 5.83. The van der Waals surface area contributed by atoms with Gasteiger partial charge in [0.05, 0.1) is 30.8 Å². The van der Waals surface area contributed by atoms with Crippen molar-refractivity contribution < 1.29 is 14.5 Å². The standard InChI is InChI=1S/C19H19ClN4O4/c20-16-3-1-14(2-4-16)11-19(25)22-21-13-15-12-17(24(26)27)5-6-18(15)23-7-9-28-10-8-23/h1-6,12-13H,7-11H2,(H,22,25)/b21-13-. The largest absolute Gasteiger partial charge is 0.378 e. The number of morpholine rings is 1. The van der Waals surface area contributed by atoms with Crippen LogP contribution in [0.1, 0.15) is 11.1 Å². The Morgan fingerprint density at radius 1 is 1.25 bits per heavy atom. The van der Waals surface area contributed by atoms with Crippen molar-refractivity contribution in [3.05, 3.63) is 68.7 Å². The molecule has 0 atom stereocenters. The molecule has 0 unspecified atom stereocenters. The van der Waals surface area contributed by atoms with Gasteiger partial charge in [0.15, 0.2) is 0 Å². The van der Waals surface area contributed by atoms with Crippen LogP contribution in [0.5, 0.6) is 0 Å². The number of nitro groups is 1. The first-order valence-corrected chi connectivity index (χ1v) is 9.08. The van der Waals surface area contributed by atoms with Gasteiger partial charge >= 0.3 is 0 Å². The molecular weight excluding hydrogens is 384 g/mol. The molecule has 1 fully saturated rings. The molecule has 0 aliphatic carbocycles. The molecule has 1 aliphatic heterocycles. The van der Waals surface area contributed by atoms with E-state index in [2.05, 4.69) is 15.4 Å². The predicted molar refractivity (Wildman–Crippen MR) is 107 cm³/mol. The summed E-state index contributed by atoms with van der Waals surface area (Å²) in [5, 5.41) is 15.7. The van der Waals surface area contributed by atoms with Crippen LogP contribution >= 0.6 is 11.6 Å². The smallest absolute Gasteiger partial charge is 0.270 e. The van der Waals surface area contributed by atoms with Crippen LogP contribution in [0.25, 0.3) is 0 Å². The van der Waals surface area contributed by atoms with Crippen LogP contribution in [0.3, 0.4) is 0 Å². The van der Waals surface area contributed by atoms with E-state index in [0.29, 0.717) is 36.9 Å². The predicted octanol–water partition coefficient (Wildman–Crippen LogP) is 2.78. The summed E-state index contributed by atoms with van der Waals surface area (Å²) < 4.78 is 5.35. The number of carbonyl (C=O) groups is 1. The molecule has 0 bridgehead atoms. The fourth-order valence-corrected chi connectivity index (χ4v) is 2.98. The third-order valence-corrected chi connectivity index (χ3v) is 4.50. The van der Waals surface area contributed by atoms with Crippen LogP contribution in [0.4, 0.5) is 11.4 Å². The van der Waals surface area contributed by atoms with Crippen molar-refractivity contribution in [2.24, 2.45) is 5.10 Å². The zero-order valence-corrected chi connectivity index (χ0v) is 15.8. The van der Waals surface area contributed by atoms with Crippen LogP contribution in [0.2, 0.25) is 5.02 Å². The van der Waals surface area contributed by atoms with Gasteiger partial charge in [0, 0.05) is 41.5 Å². The van der Waals surface area contributed by atoms with Crippen LogP contribution in [-0.4, -0.2) is 43.3 Å². The maximum absolute atomic E-state index is 12.1. The zero-order chi connectivity index (χ0) is 19.9. The molecule has 0 radical (unpaired) electrons. The summed E-state index contributed by atoms with van der Waals surface area (Å²) in [5.41, 5.74) is 4.60. The number of rotatable bonds is 6. The molecular formula is C19H19ClN4O4. The molecule has 1 N–H and O–H groups in total. The van der Waals surface area contributed by atoms with Gasteiger partial charge in [-0.2, -0.15) is 5.10 Å². The number of hydrazone groups is 1. The van der Waals surface area contributed by atoms with Crippen LogP contribution in [-0.2, 0) is 16.0 Å². The second-order valence-corrected chi connectivity index (χ2v) is 6.63. The SMILES string of the molecule is O=C(Cc1ccc(Cl)cc1)N/N=C\c1cc([N+](=O)[O-])ccc1N1CCOCC1. The Hall–Kier alpha value is -2.97. The molecule has 9 heteroatoms. The van der Waals surface area contributed by atoms with E-state index in [9.17, 15) is 14.9 Å². The number of nitrogens with zero attached hydrogens (tertiary/aromatic N) is 3. The van der Waals surface area contributed by atoms with Crippen LogP contribution in [0.15, 0.2) is 47.6 Å². The van der Waals surface area contributed by atoms with Gasteiger partial charge in [0.1, 0.15) is 0 Å². The molecule has 1 amide bonds. The molecule has 146 valence electrons. The number of hydrogen-bond donors (Lipinski definition) is 1. The van der Waals surface area contributed by atoms with Crippen molar-refractivity contribution in [3.8, 4) is 0 Å². The second-order valence-electron chi connectivity index (χ2n) is 6.20. The van der Waals surface area contributed by atoms with Gasteiger partial charge in [0.25, 0.3) is 5.69 Å². The summed E-state index contributed by atoms with van der Waals surface area (Å²) in [4.78, 5) is 24.8. The minimum atomic E-state index is -0.459. The first-order chi connectivity index (χ1) is 13.5. The lowest BCUT2D eigenvalue weighted by molar-refractivity contribution is -0.384. The van der Waals surface area contributed by atoms with Gasteiger partial charge in [-0.3, -0.25) is 14.9 Å². The van der Waals surface area contributed by atoms with Crippen LogP contribution < -0.4 is 10.3 Å². The summed E-state index contributed by atoms with van der Waals surface area (Å²) in [6, 6.07) is 11.6. The number of halogens is 1. The summed E-state index contributed by atoms with van der Waals surface area (Å²) in [6.45, 7) is 2.54. The Balaban J connectivity index is 1.71. The monoisotopic (exact) mass is 402 g/mol. The topological polar surface area (TPSA) is 97.1 Å². The molecule has 1 aliphatic rings. The van der Waals surface area contributed by atoms with E-state index < -0.39 is 4.92 Å². The third kappa shape index (κ3) is 5.28. The number of hydrogen-bond acceptors (Lipinski definition) is 6. The Bertz CT molecular complexity index is 880. The van der Waals surface area contributed by atoms with E-state index in [4.69, 9.17) is 16.3 Å². The van der Waals surface area contributed by atoms with E-state index >= 15 is 0 Å². The number of benzene rings is 2. The van der Waals surface area contributed by atoms with Crippen LogP contribution in [0, 0.1) is 10.1 Å². The Kier molecular flexibility index (Phi) is 6.57. The molecule has 0 aromatic heterocycles. The third-order valence-electron chi connectivity index (χ3n) is 4.24. The highest BCUT2D eigenvalue weighted by molar-refractivity contribution is 6.30.